The van der Waals surface area contributed by atoms with E-state index in [1.165, 1.54) is 24.3 Å². The van der Waals surface area contributed by atoms with Crippen LogP contribution in [0.15, 0.2) is 30.3 Å². The Labute approximate surface area is 121 Å². The highest BCUT2D eigenvalue weighted by molar-refractivity contribution is 5.88. The van der Waals surface area contributed by atoms with E-state index in [2.05, 4.69) is 15.7 Å². The van der Waals surface area contributed by atoms with E-state index < -0.39 is 0 Å². The van der Waals surface area contributed by atoms with E-state index >= 15 is 0 Å². The largest absolute Gasteiger partial charge is 0.492 e. The molecule has 0 aliphatic rings. The number of nitrogens with zero attached hydrogens (tertiary/aromatic N) is 2. The summed E-state index contributed by atoms with van der Waals surface area (Å²) in [6, 6.07) is 7.15. The second kappa shape index (κ2) is 6.74. The predicted molar refractivity (Wildman–Crippen MR) is 76.9 cm³/mol. The van der Waals surface area contributed by atoms with E-state index in [0.29, 0.717) is 24.7 Å². The van der Waals surface area contributed by atoms with Gasteiger partial charge in [0.1, 0.15) is 24.0 Å². The molecular formula is C14H17FN4O2. The molecule has 7 heteroatoms. The number of aromatic nitrogens is 2. The van der Waals surface area contributed by atoms with Crippen molar-refractivity contribution in [2.24, 2.45) is 7.05 Å². The van der Waals surface area contributed by atoms with Crippen molar-refractivity contribution < 1.29 is 13.9 Å². The normalized spacial score (nSPS) is 10.2. The molecule has 2 N–H and O–H groups in total. The maximum Gasteiger partial charge on any atom is 0.320 e. The molecule has 0 unspecified atom stereocenters. The second-order valence-corrected chi connectivity index (χ2v) is 4.48. The lowest BCUT2D eigenvalue weighted by atomic mass is 10.3. The number of anilines is 1. The smallest absolute Gasteiger partial charge is 0.320 e. The number of hydrogen-bond acceptors (Lipinski definition) is 3. The Morgan fingerprint density at radius 1 is 1.38 bits per heavy atom. The average Bonchev–Trinajstić information content (AvgIpc) is 2.75. The van der Waals surface area contributed by atoms with Crippen LogP contribution in [-0.2, 0) is 7.05 Å². The molecule has 0 bridgehead atoms. The molecule has 6 nitrogen and oxygen atoms in total. The predicted octanol–water partition coefficient (Wildman–Crippen LogP) is 2.07. The third-order valence-corrected chi connectivity index (χ3v) is 2.71. The van der Waals surface area contributed by atoms with Gasteiger partial charge in [-0.05, 0) is 31.2 Å². The van der Waals surface area contributed by atoms with Crippen LogP contribution in [0.1, 0.15) is 5.69 Å². The molecule has 0 saturated heterocycles. The lowest BCUT2D eigenvalue weighted by molar-refractivity contribution is 0.247. The van der Waals surface area contributed by atoms with Gasteiger partial charge in [-0.25, -0.2) is 9.18 Å². The maximum atomic E-state index is 12.7. The Kier molecular flexibility index (Phi) is 4.76. The molecule has 1 heterocycles. The number of aryl methyl sites for hydroxylation is 2. The zero-order valence-corrected chi connectivity index (χ0v) is 11.9. The van der Waals surface area contributed by atoms with Gasteiger partial charge >= 0.3 is 6.03 Å². The van der Waals surface area contributed by atoms with Crippen LogP contribution in [0.25, 0.3) is 0 Å². The first kappa shape index (κ1) is 14.8. The standard InChI is InChI=1S/C14H17FN4O2/c1-10-9-13(19(2)18-10)17-14(20)16-7-8-21-12-5-3-11(15)4-6-12/h3-6,9H,7-8H2,1-2H3,(H2,16,17,20). The van der Waals surface area contributed by atoms with E-state index in [9.17, 15) is 9.18 Å². The lowest BCUT2D eigenvalue weighted by Crippen LogP contribution is -2.32. The van der Waals surface area contributed by atoms with Gasteiger partial charge in [0, 0.05) is 13.1 Å². The summed E-state index contributed by atoms with van der Waals surface area (Å²) in [7, 11) is 1.75. The minimum Gasteiger partial charge on any atom is -0.492 e. The first-order valence-corrected chi connectivity index (χ1v) is 6.48. The number of urea groups is 1. The van der Waals surface area contributed by atoms with Crippen molar-refractivity contribution in [2.75, 3.05) is 18.5 Å². The summed E-state index contributed by atoms with van der Waals surface area (Å²) in [5.74, 6) is 0.858. The fourth-order valence-corrected chi connectivity index (χ4v) is 1.75. The fourth-order valence-electron chi connectivity index (χ4n) is 1.75. The quantitative estimate of drug-likeness (QED) is 0.829. The van der Waals surface area contributed by atoms with Gasteiger partial charge in [-0.3, -0.25) is 10.00 Å². The molecule has 2 aromatic rings. The van der Waals surface area contributed by atoms with E-state index in [1.54, 1.807) is 17.8 Å². The average molecular weight is 292 g/mol. The molecule has 0 fully saturated rings. The van der Waals surface area contributed by atoms with Crippen molar-refractivity contribution in [1.29, 1.82) is 0 Å². The Bertz CT molecular complexity index is 610. The summed E-state index contributed by atoms with van der Waals surface area (Å²) >= 11 is 0. The molecule has 112 valence electrons. The number of hydrogen-bond donors (Lipinski definition) is 2. The van der Waals surface area contributed by atoms with Crippen LogP contribution in [0.4, 0.5) is 15.0 Å². The first-order chi connectivity index (χ1) is 10.0. The molecule has 0 saturated carbocycles. The van der Waals surface area contributed by atoms with Crippen molar-refractivity contribution in [2.45, 2.75) is 6.92 Å². The summed E-state index contributed by atoms with van der Waals surface area (Å²) < 4.78 is 19.6. The number of nitrogens with one attached hydrogen (secondary N) is 2. The van der Waals surface area contributed by atoms with E-state index in [-0.39, 0.29) is 11.8 Å². The van der Waals surface area contributed by atoms with Gasteiger partial charge in [0.15, 0.2) is 0 Å². The van der Waals surface area contributed by atoms with Crippen molar-refractivity contribution in [3.63, 3.8) is 0 Å². The van der Waals surface area contributed by atoms with Crippen LogP contribution in [-0.4, -0.2) is 29.0 Å². The molecule has 0 aliphatic carbocycles. The van der Waals surface area contributed by atoms with Crippen LogP contribution in [0.2, 0.25) is 0 Å². The van der Waals surface area contributed by atoms with Crippen LogP contribution in [0.5, 0.6) is 5.75 Å². The zero-order chi connectivity index (χ0) is 15.2. The Morgan fingerprint density at radius 2 is 2.10 bits per heavy atom. The van der Waals surface area contributed by atoms with Gasteiger partial charge in [-0.1, -0.05) is 0 Å². The topological polar surface area (TPSA) is 68.2 Å². The van der Waals surface area contributed by atoms with Crippen LogP contribution >= 0.6 is 0 Å². The molecular weight excluding hydrogens is 275 g/mol. The number of rotatable bonds is 5. The molecule has 0 spiro atoms. The van der Waals surface area contributed by atoms with Crippen LogP contribution in [0, 0.1) is 12.7 Å². The molecule has 0 atom stereocenters. The summed E-state index contributed by atoms with van der Waals surface area (Å²) in [5.41, 5.74) is 0.826. The molecule has 1 aromatic carbocycles. The zero-order valence-electron chi connectivity index (χ0n) is 11.9. The molecule has 0 aliphatic heterocycles. The van der Waals surface area contributed by atoms with Crippen molar-refractivity contribution in [3.8, 4) is 5.75 Å². The lowest BCUT2D eigenvalue weighted by Gasteiger charge is -2.09. The SMILES string of the molecule is Cc1cc(NC(=O)NCCOc2ccc(F)cc2)n(C)n1. The molecule has 1 aromatic heterocycles. The van der Waals surface area contributed by atoms with Crippen molar-refractivity contribution in [1.82, 2.24) is 15.1 Å². The first-order valence-electron chi connectivity index (χ1n) is 6.48. The molecule has 2 rings (SSSR count). The number of halogens is 1. The van der Waals surface area contributed by atoms with Gasteiger partial charge in [-0.2, -0.15) is 5.10 Å². The highest BCUT2D eigenvalue weighted by atomic mass is 19.1. The molecule has 2 amide bonds. The number of carbonyl (C=O) groups is 1. The Morgan fingerprint density at radius 3 is 2.71 bits per heavy atom. The summed E-state index contributed by atoms with van der Waals surface area (Å²) in [4.78, 5) is 11.7. The summed E-state index contributed by atoms with van der Waals surface area (Å²) in [6.45, 7) is 2.48. The Hall–Kier alpha value is -2.57. The highest BCUT2D eigenvalue weighted by Crippen LogP contribution is 2.10. The van der Waals surface area contributed by atoms with Crippen LogP contribution in [0.3, 0.4) is 0 Å². The summed E-state index contributed by atoms with van der Waals surface area (Å²) in [5, 5.41) is 9.47. The minimum absolute atomic E-state index is 0.295. The third-order valence-electron chi connectivity index (χ3n) is 2.71. The maximum absolute atomic E-state index is 12.7. The van der Waals surface area contributed by atoms with Crippen molar-refractivity contribution in [3.05, 3.63) is 41.8 Å². The van der Waals surface area contributed by atoms with Gasteiger partial charge in [0.05, 0.1) is 12.2 Å². The van der Waals surface area contributed by atoms with Gasteiger partial charge < -0.3 is 10.1 Å². The number of benzene rings is 1. The van der Waals surface area contributed by atoms with Crippen molar-refractivity contribution >= 4 is 11.8 Å². The van der Waals surface area contributed by atoms with Gasteiger partial charge in [0.2, 0.25) is 0 Å². The van der Waals surface area contributed by atoms with Crippen LogP contribution < -0.4 is 15.4 Å². The number of ether oxygens (including phenoxy) is 1. The summed E-state index contributed by atoms with van der Waals surface area (Å²) in [6.07, 6.45) is 0. The molecule has 0 radical (unpaired) electrons. The minimum atomic E-state index is -0.333. The monoisotopic (exact) mass is 292 g/mol. The van der Waals surface area contributed by atoms with E-state index in [1.807, 2.05) is 6.92 Å². The third kappa shape index (κ3) is 4.48. The number of amides is 2. The highest BCUT2D eigenvalue weighted by Gasteiger charge is 2.06. The fraction of sp³-hybridized carbons (Fsp3) is 0.286. The van der Waals surface area contributed by atoms with E-state index in [4.69, 9.17) is 4.74 Å². The van der Waals surface area contributed by atoms with E-state index in [0.717, 1.165) is 5.69 Å². The molecule has 21 heavy (non-hydrogen) atoms. The van der Waals surface area contributed by atoms with Gasteiger partial charge in [0.25, 0.3) is 0 Å². The second-order valence-electron chi connectivity index (χ2n) is 4.48. The number of carbonyl (C=O) groups excluding carboxylic acids is 1. The Balaban J connectivity index is 1.70. The van der Waals surface area contributed by atoms with Gasteiger partial charge in [-0.15, -0.1) is 0 Å².